The molecule has 0 heterocycles. The van der Waals surface area contributed by atoms with Crippen LogP contribution in [-0.2, 0) is 9.84 Å². The van der Waals surface area contributed by atoms with Crippen LogP contribution >= 0.6 is 0 Å². The third-order valence-electron chi connectivity index (χ3n) is 2.94. The first-order valence-electron chi connectivity index (χ1n) is 7.12. The molecule has 0 bridgehead atoms. The van der Waals surface area contributed by atoms with Gasteiger partial charge in [0.15, 0.2) is 11.5 Å². The number of aliphatic hydroxyl groups excluding tert-OH is 1. The summed E-state index contributed by atoms with van der Waals surface area (Å²) in [5.41, 5.74) is 0.704. The Morgan fingerprint density at radius 2 is 1.76 bits per heavy atom. The van der Waals surface area contributed by atoms with Crippen LogP contribution in [0.25, 0.3) is 0 Å². The van der Waals surface area contributed by atoms with E-state index in [1.807, 2.05) is 13.8 Å². The van der Waals surface area contributed by atoms with Crippen molar-refractivity contribution in [1.29, 1.82) is 0 Å². The summed E-state index contributed by atoms with van der Waals surface area (Å²) in [6.45, 7) is 4.82. The summed E-state index contributed by atoms with van der Waals surface area (Å²) in [6, 6.07) is 5.29. The molecule has 1 aromatic carbocycles. The fraction of sp³-hybridized carbons (Fsp3) is 0.600. The summed E-state index contributed by atoms with van der Waals surface area (Å²) < 4.78 is 33.1. The zero-order valence-electron chi connectivity index (χ0n) is 12.8. The SMILES string of the molecule is CCOc1ccc(C(O)CCCS(C)(=O)=O)cc1OCC. The molecule has 0 saturated heterocycles. The first-order chi connectivity index (χ1) is 9.87. The Labute approximate surface area is 126 Å². The highest BCUT2D eigenvalue weighted by molar-refractivity contribution is 7.90. The summed E-state index contributed by atoms with van der Waals surface area (Å²) in [4.78, 5) is 0. The summed E-state index contributed by atoms with van der Waals surface area (Å²) in [6.07, 6.45) is 1.31. The van der Waals surface area contributed by atoms with Crippen molar-refractivity contribution in [2.45, 2.75) is 32.8 Å². The Hall–Kier alpha value is -1.27. The van der Waals surface area contributed by atoms with Gasteiger partial charge in [0.1, 0.15) is 9.84 Å². The van der Waals surface area contributed by atoms with Crippen LogP contribution in [0.3, 0.4) is 0 Å². The molecule has 0 aromatic heterocycles. The average Bonchev–Trinajstić information content (AvgIpc) is 2.39. The topological polar surface area (TPSA) is 72.8 Å². The molecule has 0 amide bonds. The second-order valence-electron chi connectivity index (χ2n) is 4.86. The maximum absolute atomic E-state index is 11.1. The van der Waals surface area contributed by atoms with E-state index in [0.29, 0.717) is 43.1 Å². The van der Waals surface area contributed by atoms with Crippen molar-refractivity contribution in [1.82, 2.24) is 0 Å². The predicted octanol–water partition coefficient (Wildman–Crippen LogP) is 2.34. The highest BCUT2D eigenvalue weighted by Gasteiger charge is 2.13. The normalized spacial score (nSPS) is 13.0. The number of sulfone groups is 1. The van der Waals surface area contributed by atoms with E-state index in [1.54, 1.807) is 18.2 Å². The van der Waals surface area contributed by atoms with Crippen LogP contribution in [0.1, 0.15) is 38.4 Å². The number of hydrogen-bond acceptors (Lipinski definition) is 5. The fourth-order valence-electron chi connectivity index (χ4n) is 1.98. The van der Waals surface area contributed by atoms with Gasteiger partial charge < -0.3 is 14.6 Å². The number of rotatable bonds is 9. The summed E-state index contributed by atoms with van der Waals surface area (Å²) >= 11 is 0. The van der Waals surface area contributed by atoms with Gasteiger partial charge >= 0.3 is 0 Å². The number of ether oxygens (including phenoxy) is 2. The van der Waals surface area contributed by atoms with Gasteiger partial charge in [-0.2, -0.15) is 0 Å². The van der Waals surface area contributed by atoms with Gasteiger partial charge in [-0.15, -0.1) is 0 Å². The van der Waals surface area contributed by atoms with Gasteiger partial charge in [0, 0.05) is 12.0 Å². The Balaban J connectivity index is 2.75. The van der Waals surface area contributed by atoms with Crippen LogP contribution in [0.15, 0.2) is 18.2 Å². The molecule has 0 aliphatic rings. The van der Waals surface area contributed by atoms with E-state index in [1.165, 1.54) is 6.26 Å². The largest absolute Gasteiger partial charge is 0.490 e. The molecule has 0 spiro atoms. The minimum absolute atomic E-state index is 0.0827. The third kappa shape index (κ3) is 6.35. The lowest BCUT2D eigenvalue weighted by atomic mass is 10.0. The lowest BCUT2D eigenvalue weighted by molar-refractivity contribution is 0.166. The Morgan fingerprint density at radius 1 is 1.14 bits per heavy atom. The van der Waals surface area contributed by atoms with Crippen LogP contribution in [0.5, 0.6) is 11.5 Å². The van der Waals surface area contributed by atoms with Crippen LogP contribution in [0.2, 0.25) is 0 Å². The van der Waals surface area contributed by atoms with Gasteiger partial charge in [-0.3, -0.25) is 0 Å². The lowest BCUT2D eigenvalue weighted by Crippen LogP contribution is -2.06. The monoisotopic (exact) mass is 316 g/mol. The maximum atomic E-state index is 11.1. The molecule has 0 fully saturated rings. The quantitative estimate of drug-likeness (QED) is 0.757. The number of benzene rings is 1. The summed E-state index contributed by atoms with van der Waals surface area (Å²) in [7, 11) is -2.99. The first-order valence-corrected chi connectivity index (χ1v) is 9.18. The predicted molar refractivity (Wildman–Crippen MR) is 82.7 cm³/mol. The molecule has 120 valence electrons. The second-order valence-corrected chi connectivity index (χ2v) is 7.12. The number of hydrogen-bond donors (Lipinski definition) is 1. The van der Waals surface area contributed by atoms with Gasteiger partial charge in [-0.05, 0) is 44.4 Å². The van der Waals surface area contributed by atoms with E-state index in [9.17, 15) is 13.5 Å². The van der Waals surface area contributed by atoms with Gasteiger partial charge in [-0.25, -0.2) is 8.42 Å². The van der Waals surface area contributed by atoms with Gasteiger partial charge in [0.05, 0.1) is 19.3 Å². The molecule has 1 rings (SSSR count). The van der Waals surface area contributed by atoms with E-state index in [0.717, 1.165) is 0 Å². The molecule has 5 nitrogen and oxygen atoms in total. The van der Waals surface area contributed by atoms with Crippen molar-refractivity contribution >= 4 is 9.84 Å². The minimum Gasteiger partial charge on any atom is -0.490 e. The lowest BCUT2D eigenvalue weighted by Gasteiger charge is -2.15. The van der Waals surface area contributed by atoms with Crippen LogP contribution in [-0.4, -0.2) is 38.7 Å². The van der Waals surface area contributed by atoms with E-state index in [2.05, 4.69) is 0 Å². The van der Waals surface area contributed by atoms with Crippen molar-refractivity contribution in [3.63, 3.8) is 0 Å². The Morgan fingerprint density at radius 3 is 2.33 bits per heavy atom. The maximum Gasteiger partial charge on any atom is 0.161 e. The Bertz CT molecular complexity index is 539. The molecule has 21 heavy (non-hydrogen) atoms. The summed E-state index contributed by atoms with van der Waals surface area (Å²) in [5, 5.41) is 10.1. The highest BCUT2D eigenvalue weighted by atomic mass is 32.2. The van der Waals surface area contributed by atoms with E-state index < -0.39 is 15.9 Å². The van der Waals surface area contributed by atoms with E-state index in [-0.39, 0.29) is 5.75 Å². The molecular formula is C15H24O5S. The molecule has 1 atom stereocenters. The second kappa shape index (κ2) is 8.24. The van der Waals surface area contributed by atoms with Crippen molar-refractivity contribution in [2.24, 2.45) is 0 Å². The molecule has 1 aromatic rings. The molecule has 6 heteroatoms. The Kier molecular flexibility index (Phi) is 6.98. The number of aliphatic hydroxyl groups is 1. The standard InChI is InChI=1S/C15H24O5S/c1-4-19-14-9-8-12(11-15(14)20-5-2)13(16)7-6-10-21(3,17)18/h8-9,11,13,16H,4-7,10H2,1-3H3. The highest BCUT2D eigenvalue weighted by Crippen LogP contribution is 2.31. The van der Waals surface area contributed by atoms with Gasteiger partial charge in [0.25, 0.3) is 0 Å². The van der Waals surface area contributed by atoms with Crippen molar-refractivity contribution in [3.8, 4) is 11.5 Å². The zero-order valence-corrected chi connectivity index (χ0v) is 13.6. The van der Waals surface area contributed by atoms with Gasteiger partial charge in [0.2, 0.25) is 0 Å². The molecule has 0 aliphatic carbocycles. The average molecular weight is 316 g/mol. The first kappa shape index (κ1) is 17.8. The smallest absolute Gasteiger partial charge is 0.161 e. The van der Waals surface area contributed by atoms with Crippen LogP contribution < -0.4 is 9.47 Å². The molecular weight excluding hydrogens is 292 g/mol. The minimum atomic E-state index is -2.99. The van der Waals surface area contributed by atoms with Gasteiger partial charge in [-0.1, -0.05) is 6.07 Å². The molecule has 0 saturated carbocycles. The van der Waals surface area contributed by atoms with Crippen molar-refractivity contribution in [2.75, 3.05) is 25.2 Å². The zero-order chi connectivity index (χ0) is 15.9. The third-order valence-corrected chi connectivity index (χ3v) is 3.98. The summed E-state index contributed by atoms with van der Waals surface area (Å²) in [5.74, 6) is 1.32. The van der Waals surface area contributed by atoms with Crippen molar-refractivity contribution in [3.05, 3.63) is 23.8 Å². The van der Waals surface area contributed by atoms with E-state index >= 15 is 0 Å². The molecule has 1 unspecified atom stereocenters. The van der Waals surface area contributed by atoms with Crippen LogP contribution in [0, 0.1) is 0 Å². The molecule has 0 aliphatic heterocycles. The molecule has 1 N–H and O–H groups in total. The van der Waals surface area contributed by atoms with E-state index in [4.69, 9.17) is 9.47 Å². The van der Waals surface area contributed by atoms with Crippen molar-refractivity contribution < 1.29 is 23.0 Å². The molecule has 0 radical (unpaired) electrons. The fourth-order valence-corrected chi connectivity index (χ4v) is 2.67. The van der Waals surface area contributed by atoms with Crippen LogP contribution in [0.4, 0.5) is 0 Å².